The number of hydrogen-bond donors (Lipinski definition) is 1. The zero-order chi connectivity index (χ0) is 25.3. The van der Waals surface area contributed by atoms with Gasteiger partial charge in [0.05, 0.1) is 11.9 Å². The normalized spacial score (nSPS) is 12.1. The van der Waals surface area contributed by atoms with Crippen LogP contribution in [0.25, 0.3) is 0 Å². The van der Waals surface area contributed by atoms with Crippen molar-refractivity contribution in [1.29, 1.82) is 0 Å². The molecule has 0 aliphatic rings. The van der Waals surface area contributed by atoms with Crippen LogP contribution in [0.3, 0.4) is 0 Å². The van der Waals surface area contributed by atoms with Crippen LogP contribution in [-0.2, 0) is 32.6 Å². The molecule has 9 heteroatoms. The maximum atomic E-state index is 13.4. The van der Waals surface area contributed by atoms with Crippen molar-refractivity contribution in [3.05, 3.63) is 65.5 Å². The molecule has 0 aliphatic carbocycles. The SMILES string of the molecule is CCCCNC(=O)[C@H](C)N(Cc1ccc(F)cc1)C(=O)CN(c1ccc(CC)cc1)S(C)(=O)=O. The summed E-state index contributed by atoms with van der Waals surface area (Å²) in [5.74, 6) is -1.28. The smallest absolute Gasteiger partial charge is 0.244 e. The Labute approximate surface area is 202 Å². The zero-order valence-electron chi connectivity index (χ0n) is 20.3. The predicted molar refractivity (Wildman–Crippen MR) is 132 cm³/mol. The molecular weight excluding hydrogens is 457 g/mol. The molecule has 7 nitrogen and oxygen atoms in total. The number of anilines is 1. The van der Waals surface area contributed by atoms with Gasteiger partial charge >= 0.3 is 0 Å². The van der Waals surface area contributed by atoms with Gasteiger partial charge in [0, 0.05) is 13.1 Å². The van der Waals surface area contributed by atoms with E-state index in [1.165, 1.54) is 29.2 Å². The second-order valence-corrected chi connectivity index (χ2v) is 10.2. The van der Waals surface area contributed by atoms with Gasteiger partial charge in [-0.1, -0.05) is 44.5 Å². The number of amides is 2. The number of aryl methyl sites for hydroxylation is 1. The molecule has 0 heterocycles. The fourth-order valence-corrected chi connectivity index (χ4v) is 4.27. The van der Waals surface area contributed by atoms with Gasteiger partial charge < -0.3 is 10.2 Å². The molecule has 0 aromatic heterocycles. The maximum Gasteiger partial charge on any atom is 0.244 e. The summed E-state index contributed by atoms with van der Waals surface area (Å²) in [6.45, 7) is 5.66. The van der Waals surface area contributed by atoms with E-state index in [1.54, 1.807) is 19.1 Å². The Bertz CT molecular complexity index is 1060. The van der Waals surface area contributed by atoms with E-state index in [-0.39, 0.29) is 12.5 Å². The van der Waals surface area contributed by atoms with Gasteiger partial charge in [0.1, 0.15) is 18.4 Å². The molecule has 0 aliphatic heterocycles. The average molecular weight is 492 g/mol. The van der Waals surface area contributed by atoms with E-state index in [9.17, 15) is 22.4 Å². The first-order chi connectivity index (χ1) is 16.1. The van der Waals surface area contributed by atoms with Gasteiger partial charge in [-0.15, -0.1) is 0 Å². The van der Waals surface area contributed by atoms with Gasteiger partial charge in [-0.3, -0.25) is 13.9 Å². The van der Waals surface area contributed by atoms with Crippen molar-refractivity contribution in [2.75, 3.05) is 23.7 Å². The van der Waals surface area contributed by atoms with Crippen LogP contribution in [-0.4, -0.2) is 50.5 Å². The van der Waals surface area contributed by atoms with E-state index in [2.05, 4.69) is 5.32 Å². The predicted octanol–water partition coefficient (Wildman–Crippen LogP) is 3.49. The summed E-state index contributed by atoms with van der Waals surface area (Å²) >= 11 is 0. The number of rotatable bonds is 12. The summed E-state index contributed by atoms with van der Waals surface area (Å²) in [5, 5.41) is 2.82. The van der Waals surface area contributed by atoms with Crippen LogP contribution in [0.1, 0.15) is 44.7 Å². The number of hydrogen-bond acceptors (Lipinski definition) is 4. The molecule has 0 bridgehead atoms. The Kier molecular flexibility index (Phi) is 10.0. The Morgan fingerprint density at radius 3 is 2.12 bits per heavy atom. The van der Waals surface area contributed by atoms with Crippen LogP contribution >= 0.6 is 0 Å². The summed E-state index contributed by atoms with van der Waals surface area (Å²) in [5.41, 5.74) is 2.04. The lowest BCUT2D eigenvalue weighted by Crippen LogP contribution is -2.51. The highest BCUT2D eigenvalue weighted by molar-refractivity contribution is 7.92. The van der Waals surface area contributed by atoms with E-state index in [4.69, 9.17) is 0 Å². The van der Waals surface area contributed by atoms with E-state index in [0.717, 1.165) is 35.4 Å². The Hall–Kier alpha value is -2.94. The molecule has 0 spiro atoms. The first kappa shape index (κ1) is 27.3. The Morgan fingerprint density at radius 1 is 1.00 bits per heavy atom. The molecule has 2 aromatic rings. The second kappa shape index (κ2) is 12.5. The molecule has 2 amide bonds. The van der Waals surface area contributed by atoms with E-state index < -0.39 is 34.3 Å². The number of halogens is 1. The highest BCUT2D eigenvalue weighted by Gasteiger charge is 2.30. The molecule has 34 heavy (non-hydrogen) atoms. The largest absolute Gasteiger partial charge is 0.354 e. The van der Waals surface area contributed by atoms with Gasteiger partial charge in [0.25, 0.3) is 0 Å². The van der Waals surface area contributed by atoms with Crippen molar-refractivity contribution in [3.63, 3.8) is 0 Å². The van der Waals surface area contributed by atoms with Crippen molar-refractivity contribution in [3.8, 4) is 0 Å². The van der Waals surface area contributed by atoms with Crippen LogP contribution in [0, 0.1) is 5.82 Å². The molecule has 186 valence electrons. The third-order valence-corrected chi connectivity index (χ3v) is 6.72. The number of carbonyl (C=O) groups is 2. The molecule has 0 saturated carbocycles. The van der Waals surface area contributed by atoms with Crippen LogP contribution in [0.5, 0.6) is 0 Å². The molecular formula is C25H34FN3O4S. The molecule has 0 unspecified atom stereocenters. The van der Waals surface area contributed by atoms with Crippen LogP contribution in [0.4, 0.5) is 10.1 Å². The zero-order valence-corrected chi connectivity index (χ0v) is 21.1. The highest BCUT2D eigenvalue weighted by atomic mass is 32.2. The lowest BCUT2D eigenvalue weighted by atomic mass is 10.1. The average Bonchev–Trinajstić information content (AvgIpc) is 2.81. The molecule has 2 rings (SSSR count). The minimum Gasteiger partial charge on any atom is -0.354 e. The van der Waals surface area contributed by atoms with E-state index in [1.807, 2.05) is 26.0 Å². The van der Waals surface area contributed by atoms with Crippen LogP contribution in [0.2, 0.25) is 0 Å². The van der Waals surface area contributed by atoms with Gasteiger partial charge in [0.2, 0.25) is 21.8 Å². The van der Waals surface area contributed by atoms with E-state index >= 15 is 0 Å². The topological polar surface area (TPSA) is 86.8 Å². The molecule has 2 aromatic carbocycles. The summed E-state index contributed by atoms with van der Waals surface area (Å²) in [7, 11) is -3.77. The first-order valence-corrected chi connectivity index (χ1v) is 13.3. The molecule has 0 fully saturated rings. The van der Waals surface area contributed by atoms with Crippen molar-refractivity contribution >= 4 is 27.5 Å². The summed E-state index contributed by atoms with van der Waals surface area (Å²) < 4.78 is 39.5. The summed E-state index contributed by atoms with van der Waals surface area (Å²) in [4.78, 5) is 27.5. The second-order valence-electron chi connectivity index (χ2n) is 8.26. The Morgan fingerprint density at radius 2 is 1.59 bits per heavy atom. The van der Waals surface area contributed by atoms with Crippen LogP contribution in [0.15, 0.2) is 48.5 Å². The number of unbranched alkanes of at least 4 members (excludes halogenated alkanes) is 1. The van der Waals surface area contributed by atoms with Gasteiger partial charge in [-0.2, -0.15) is 0 Å². The highest BCUT2D eigenvalue weighted by Crippen LogP contribution is 2.20. The number of benzene rings is 2. The van der Waals surface area contributed by atoms with Gasteiger partial charge in [-0.25, -0.2) is 12.8 Å². The first-order valence-electron chi connectivity index (χ1n) is 11.4. The van der Waals surface area contributed by atoms with Crippen molar-refractivity contribution in [1.82, 2.24) is 10.2 Å². The molecule has 1 N–H and O–H groups in total. The number of carbonyl (C=O) groups excluding carboxylic acids is 2. The molecule has 1 atom stereocenters. The Balaban J connectivity index is 2.32. The van der Waals surface area contributed by atoms with Gasteiger partial charge in [-0.05, 0) is 55.2 Å². The van der Waals surface area contributed by atoms with Crippen molar-refractivity contribution in [2.24, 2.45) is 0 Å². The van der Waals surface area contributed by atoms with Crippen molar-refractivity contribution < 1.29 is 22.4 Å². The standard InChI is InChI=1S/C25H34FN3O4S/c1-5-7-16-27-25(31)19(3)28(17-21-8-12-22(26)13-9-21)24(30)18-29(34(4,32)33)23-14-10-20(6-2)11-15-23/h8-15,19H,5-7,16-18H2,1-4H3,(H,27,31)/t19-/m0/s1. The fourth-order valence-electron chi connectivity index (χ4n) is 3.42. The monoisotopic (exact) mass is 491 g/mol. The molecule has 0 saturated heterocycles. The molecule has 0 radical (unpaired) electrons. The number of nitrogens with zero attached hydrogens (tertiary/aromatic N) is 2. The fraction of sp³-hybridized carbons (Fsp3) is 0.440. The number of nitrogens with one attached hydrogen (secondary N) is 1. The van der Waals surface area contributed by atoms with Crippen LogP contribution < -0.4 is 9.62 Å². The quantitative estimate of drug-likeness (QED) is 0.461. The van der Waals surface area contributed by atoms with Gasteiger partial charge in [0.15, 0.2) is 0 Å². The summed E-state index contributed by atoms with van der Waals surface area (Å²) in [6.07, 6.45) is 3.56. The third-order valence-electron chi connectivity index (χ3n) is 5.57. The minimum atomic E-state index is -3.77. The maximum absolute atomic E-state index is 13.4. The minimum absolute atomic E-state index is 0.0356. The van der Waals surface area contributed by atoms with Crippen molar-refractivity contribution in [2.45, 2.75) is 52.6 Å². The summed E-state index contributed by atoms with van der Waals surface area (Å²) in [6, 6.07) is 11.7. The third kappa shape index (κ3) is 7.83. The lowest BCUT2D eigenvalue weighted by Gasteiger charge is -2.31. The van der Waals surface area contributed by atoms with E-state index in [0.29, 0.717) is 17.8 Å². The number of sulfonamides is 1. The lowest BCUT2D eigenvalue weighted by molar-refractivity contribution is -0.139.